The van der Waals surface area contributed by atoms with Gasteiger partial charge in [0.25, 0.3) is 0 Å². The maximum Gasteiger partial charge on any atom is 0.343 e. The standard InChI is InChI=1S/C8H15N5O2S/c1-2-4-13-7(15)11-12-8(13)16-5-3-6(14)10-9/h2-5,9H2,1H3,(H,10,14)(H,11,15). The molecule has 1 heterocycles. The fraction of sp³-hybridized carbons (Fsp3) is 0.625. The zero-order valence-electron chi connectivity index (χ0n) is 9.02. The third-order valence-electron chi connectivity index (χ3n) is 1.89. The quantitative estimate of drug-likeness (QED) is 0.270. The van der Waals surface area contributed by atoms with Gasteiger partial charge in [0.2, 0.25) is 5.91 Å². The Bertz CT molecular complexity index is 399. The van der Waals surface area contributed by atoms with E-state index in [0.717, 1.165) is 6.42 Å². The first-order valence-electron chi connectivity index (χ1n) is 4.96. The van der Waals surface area contributed by atoms with E-state index < -0.39 is 0 Å². The van der Waals surface area contributed by atoms with Gasteiger partial charge in [0, 0.05) is 18.7 Å². The number of hydrazine groups is 1. The highest BCUT2D eigenvalue weighted by Crippen LogP contribution is 2.14. The van der Waals surface area contributed by atoms with Gasteiger partial charge in [0.1, 0.15) is 0 Å². The van der Waals surface area contributed by atoms with Crippen molar-refractivity contribution >= 4 is 17.7 Å². The van der Waals surface area contributed by atoms with Crippen LogP contribution in [0.4, 0.5) is 0 Å². The minimum atomic E-state index is -0.229. The number of hydrogen-bond acceptors (Lipinski definition) is 5. The molecule has 0 atom stereocenters. The molecule has 1 aromatic heterocycles. The summed E-state index contributed by atoms with van der Waals surface area (Å²) >= 11 is 1.36. The van der Waals surface area contributed by atoms with Gasteiger partial charge in [-0.2, -0.15) is 0 Å². The van der Waals surface area contributed by atoms with Crippen LogP contribution >= 0.6 is 11.8 Å². The molecular weight excluding hydrogens is 230 g/mol. The number of aromatic nitrogens is 3. The minimum absolute atomic E-state index is 0.215. The van der Waals surface area contributed by atoms with Gasteiger partial charge in [-0.25, -0.2) is 15.7 Å². The van der Waals surface area contributed by atoms with Crippen LogP contribution in [0.1, 0.15) is 19.8 Å². The molecule has 0 saturated carbocycles. The zero-order chi connectivity index (χ0) is 12.0. The van der Waals surface area contributed by atoms with Crippen LogP contribution < -0.4 is 17.0 Å². The average Bonchev–Trinajstić information content (AvgIpc) is 2.62. The van der Waals surface area contributed by atoms with E-state index in [0.29, 0.717) is 23.9 Å². The molecule has 1 rings (SSSR count). The fourth-order valence-electron chi connectivity index (χ4n) is 1.14. The van der Waals surface area contributed by atoms with Gasteiger partial charge in [-0.1, -0.05) is 18.7 Å². The lowest BCUT2D eigenvalue weighted by Crippen LogP contribution is -2.30. The Morgan fingerprint density at radius 3 is 3.06 bits per heavy atom. The lowest BCUT2D eigenvalue weighted by Gasteiger charge is -2.02. The summed E-state index contributed by atoms with van der Waals surface area (Å²) in [5.41, 5.74) is 1.83. The Morgan fingerprint density at radius 2 is 2.44 bits per heavy atom. The number of nitrogens with two attached hydrogens (primary N) is 1. The normalized spacial score (nSPS) is 10.4. The van der Waals surface area contributed by atoms with E-state index in [4.69, 9.17) is 5.84 Å². The summed E-state index contributed by atoms with van der Waals surface area (Å²) in [7, 11) is 0. The van der Waals surface area contributed by atoms with Crippen molar-refractivity contribution in [3.05, 3.63) is 10.5 Å². The number of nitrogens with one attached hydrogen (secondary N) is 2. The predicted octanol–water partition coefficient (Wildman–Crippen LogP) is -0.546. The molecule has 7 nitrogen and oxygen atoms in total. The third-order valence-corrected chi connectivity index (χ3v) is 2.87. The van der Waals surface area contributed by atoms with Crippen LogP contribution in [0.15, 0.2) is 9.95 Å². The van der Waals surface area contributed by atoms with E-state index in [9.17, 15) is 9.59 Å². The van der Waals surface area contributed by atoms with Crippen molar-refractivity contribution in [3.63, 3.8) is 0 Å². The van der Waals surface area contributed by atoms with E-state index in [1.807, 2.05) is 12.3 Å². The van der Waals surface area contributed by atoms with Gasteiger partial charge in [-0.15, -0.1) is 5.10 Å². The van der Waals surface area contributed by atoms with Crippen molar-refractivity contribution in [1.82, 2.24) is 20.2 Å². The number of nitrogens with zero attached hydrogens (tertiary/aromatic N) is 2. The van der Waals surface area contributed by atoms with Crippen LogP contribution in [0.25, 0.3) is 0 Å². The smallest absolute Gasteiger partial charge is 0.294 e. The molecule has 4 N–H and O–H groups in total. The van der Waals surface area contributed by atoms with Crippen LogP contribution in [0.3, 0.4) is 0 Å². The second-order valence-electron chi connectivity index (χ2n) is 3.13. The summed E-state index contributed by atoms with van der Waals surface area (Å²) in [5.74, 6) is 5.26. The van der Waals surface area contributed by atoms with E-state index in [-0.39, 0.29) is 11.6 Å². The lowest BCUT2D eigenvalue weighted by molar-refractivity contribution is -0.120. The largest absolute Gasteiger partial charge is 0.343 e. The molecule has 90 valence electrons. The highest BCUT2D eigenvalue weighted by Gasteiger charge is 2.08. The van der Waals surface area contributed by atoms with Crippen LogP contribution in [0.2, 0.25) is 0 Å². The Labute approximate surface area is 96.8 Å². The SMILES string of the molecule is CCCn1c(SCCC(=O)NN)n[nH]c1=O. The molecule has 0 aliphatic rings. The molecule has 0 unspecified atom stereocenters. The monoisotopic (exact) mass is 245 g/mol. The average molecular weight is 245 g/mol. The summed E-state index contributed by atoms with van der Waals surface area (Å²) in [4.78, 5) is 22.2. The van der Waals surface area contributed by atoms with Gasteiger partial charge in [0.15, 0.2) is 5.16 Å². The van der Waals surface area contributed by atoms with Gasteiger partial charge in [-0.3, -0.25) is 14.8 Å². The molecule has 0 radical (unpaired) electrons. The molecule has 0 saturated heterocycles. The van der Waals surface area contributed by atoms with E-state index in [1.54, 1.807) is 4.57 Å². The highest BCUT2D eigenvalue weighted by atomic mass is 32.2. The number of amides is 1. The van der Waals surface area contributed by atoms with Crippen molar-refractivity contribution in [1.29, 1.82) is 0 Å². The molecule has 0 aliphatic carbocycles. The number of thioether (sulfide) groups is 1. The molecule has 0 bridgehead atoms. The van der Waals surface area contributed by atoms with Crippen molar-refractivity contribution in [3.8, 4) is 0 Å². The van der Waals surface area contributed by atoms with Crippen molar-refractivity contribution in [2.45, 2.75) is 31.5 Å². The molecule has 1 amide bonds. The van der Waals surface area contributed by atoms with Crippen molar-refractivity contribution < 1.29 is 4.79 Å². The maximum atomic E-state index is 11.3. The van der Waals surface area contributed by atoms with Gasteiger partial charge >= 0.3 is 5.69 Å². The third kappa shape index (κ3) is 3.38. The number of aromatic amines is 1. The Balaban J connectivity index is 2.53. The first-order valence-corrected chi connectivity index (χ1v) is 5.95. The van der Waals surface area contributed by atoms with Crippen LogP contribution in [-0.2, 0) is 11.3 Å². The maximum absolute atomic E-state index is 11.3. The first kappa shape index (κ1) is 12.8. The molecule has 0 aliphatic heterocycles. The van der Waals surface area contributed by atoms with Crippen LogP contribution in [0, 0.1) is 0 Å². The summed E-state index contributed by atoms with van der Waals surface area (Å²) in [6.07, 6.45) is 1.16. The molecular formula is C8H15N5O2S. The number of rotatable bonds is 6. The van der Waals surface area contributed by atoms with E-state index in [1.165, 1.54) is 11.8 Å². The van der Waals surface area contributed by atoms with Gasteiger partial charge in [0.05, 0.1) is 0 Å². The number of carbonyl (C=O) groups is 1. The number of hydrogen-bond donors (Lipinski definition) is 3. The van der Waals surface area contributed by atoms with Gasteiger partial charge < -0.3 is 0 Å². The van der Waals surface area contributed by atoms with Gasteiger partial charge in [-0.05, 0) is 6.42 Å². The molecule has 0 spiro atoms. The summed E-state index contributed by atoms with van der Waals surface area (Å²) in [6, 6.07) is 0. The Kier molecular flexibility index (Phi) is 5.06. The molecule has 16 heavy (non-hydrogen) atoms. The fourth-order valence-corrected chi connectivity index (χ4v) is 2.05. The first-order chi connectivity index (χ1) is 7.69. The summed E-state index contributed by atoms with van der Waals surface area (Å²) in [5, 5.41) is 6.88. The zero-order valence-corrected chi connectivity index (χ0v) is 9.84. The predicted molar refractivity (Wildman–Crippen MR) is 60.8 cm³/mol. The molecule has 1 aromatic rings. The van der Waals surface area contributed by atoms with Crippen molar-refractivity contribution in [2.75, 3.05) is 5.75 Å². The lowest BCUT2D eigenvalue weighted by atomic mass is 10.5. The highest BCUT2D eigenvalue weighted by molar-refractivity contribution is 7.99. The minimum Gasteiger partial charge on any atom is -0.294 e. The van der Waals surface area contributed by atoms with Crippen LogP contribution in [-0.4, -0.2) is 26.4 Å². The Morgan fingerprint density at radius 1 is 1.69 bits per heavy atom. The summed E-state index contributed by atoms with van der Waals surface area (Å²) < 4.78 is 1.56. The van der Waals surface area contributed by atoms with E-state index in [2.05, 4.69) is 10.2 Å². The number of carbonyl (C=O) groups excluding carboxylic acids is 1. The number of H-pyrrole nitrogens is 1. The molecule has 0 fully saturated rings. The summed E-state index contributed by atoms with van der Waals surface area (Å²) in [6.45, 7) is 2.61. The topological polar surface area (TPSA) is 106 Å². The van der Waals surface area contributed by atoms with Crippen LogP contribution in [0.5, 0.6) is 0 Å². The second kappa shape index (κ2) is 6.33. The van der Waals surface area contributed by atoms with E-state index >= 15 is 0 Å². The molecule has 0 aromatic carbocycles. The second-order valence-corrected chi connectivity index (χ2v) is 4.19. The molecule has 8 heteroatoms. The Hall–Kier alpha value is -1.28. The van der Waals surface area contributed by atoms with Crippen molar-refractivity contribution in [2.24, 2.45) is 5.84 Å².